The van der Waals surface area contributed by atoms with E-state index in [1.807, 2.05) is 0 Å². The maximum absolute atomic E-state index is 11.4. The summed E-state index contributed by atoms with van der Waals surface area (Å²) < 4.78 is 11.4. The number of amides is 1. The van der Waals surface area contributed by atoms with Crippen LogP contribution in [0.3, 0.4) is 0 Å². The van der Waals surface area contributed by atoms with Gasteiger partial charge in [-0.05, 0) is 6.92 Å². The van der Waals surface area contributed by atoms with Crippen LogP contribution in [-0.2, 0) is 4.79 Å². The summed E-state index contributed by atoms with van der Waals surface area (Å²) in [6.45, 7) is 1.06. The van der Waals surface area contributed by atoms with Crippen molar-refractivity contribution in [3.05, 3.63) is 0 Å². The van der Waals surface area contributed by atoms with Crippen LogP contribution >= 0.6 is 12.4 Å². The second-order valence-electron chi connectivity index (χ2n) is 1.77. The molecule has 1 amide bonds. The molecule has 0 radical (unpaired) electrons. The van der Waals surface area contributed by atoms with Gasteiger partial charge in [0.15, 0.2) is 0 Å². The maximum Gasteiger partial charge on any atom is 0.236 e. The molecule has 5 heteroatoms. The first-order chi connectivity index (χ1) is 4.18. The van der Waals surface area contributed by atoms with E-state index >= 15 is 0 Å². The van der Waals surface area contributed by atoms with Gasteiger partial charge in [0, 0.05) is 6.54 Å². The van der Waals surface area contributed by atoms with Crippen LogP contribution in [0, 0.1) is 0 Å². The maximum atomic E-state index is 11.4. The van der Waals surface area contributed by atoms with Crippen LogP contribution in [-0.4, -0.2) is 25.2 Å². The molecule has 0 saturated carbocycles. The van der Waals surface area contributed by atoms with Crippen molar-refractivity contribution < 1.29 is 9.18 Å². The average molecular weight is 171 g/mol. The van der Waals surface area contributed by atoms with E-state index in [0.717, 1.165) is 0 Å². The van der Waals surface area contributed by atoms with Gasteiger partial charge in [-0.25, -0.2) is 4.39 Å². The molecule has 0 fully saturated rings. The van der Waals surface area contributed by atoms with Crippen LogP contribution in [0.5, 0.6) is 0 Å². The topological polar surface area (TPSA) is 55.1 Å². The van der Waals surface area contributed by atoms with Crippen molar-refractivity contribution in [2.24, 2.45) is 5.73 Å². The lowest BCUT2D eigenvalue weighted by atomic mass is 10.3. The van der Waals surface area contributed by atoms with Gasteiger partial charge >= 0.3 is 0 Å². The van der Waals surface area contributed by atoms with Crippen molar-refractivity contribution in [3.63, 3.8) is 0 Å². The van der Waals surface area contributed by atoms with E-state index < -0.39 is 12.7 Å². The summed E-state index contributed by atoms with van der Waals surface area (Å²) in [5, 5.41) is 2.29. The summed E-state index contributed by atoms with van der Waals surface area (Å²) in [6.07, 6.45) is 0. The Kier molecular flexibility index (Phi) is 8.35. The monoisotopic (exact) mass is 170 g/mol. The molecule has 62 valence electrons. The molecule has 0 aromatic carbocycles. The standard InChI is InChI=1S/C5H11FN2O.ClH/c1-4(7)5(9)8-3-2-6;/h4H,2-3,7H2,1H3,(H,8,9);1H/t4-;/m0./s1. The Hall–Kier alpha value is -0.350. The molecular formula is C5H12ClFN2O. The Labute approximate surface area is 65.6 Å². The molecule has 0 aliphatic heterocycles. The van der Waals surface area contributed by atoms with E-state index in [9.17, 15) is 9.18 Å². The minimum absolute atomic E-state index is 0. The molecule has 0 heterocycles. The third-order valence-corrected chi connectivity index (χ3v) is 0.807. The number of halogens is 2. The Morgan fingerprint density at radius 2 is 2.30 bits per heavy atom. The Balaban J connectivity index is 0. The average Bonchev–Trinajstić information content (AvgIpc) is 1.82. The first-order valence-corrected chi connectivity index (χ1v) is 2.77. The Morgan fingerprint density at radius 1 is 1.80 bits per heavy atom. The van der Waals surface area contributed by atoms with Gasteiger partial charge in [-0.15, -0.1) is 12.4 Å². The van der Waals surface area contributed by atoms with E-state index in [1.165, 1.54) is 0 Å². The highest BCUT2D eigenvalue weighted by atomic mass is 35.5. The predicted molar refractivity (Wildman–Crippen MR) is 39.9 cm³/mol. The largest absolute Gasteiger partial charge is 0.352 e. The molecule has 3 nitrogen and oxygen atoms in total. The van der Waals surface area contributed by atoms with E-state index in [4.69, 9.17) is 5.73 Å². The Bertz CT molecular complexity index is 99.6. The van der Waals surface area contributed by atoms with Crippen molar-refractivity contribution in [3.8, 4) is 0 Å². The molecule has 0 bridgehead atoms. The van der Waals surface area contributed by atoms with E-state index in [2.05, 4.69) is 5.32 Å². The molecule has 0 saturated heterocycles. The SMILES string of the molecule is C[C@H](N)C(=O)NCCF.Cl. The van der Waals surface area contributed by atoms with Crippen LogP contribution in [0.4, 0.5) is 4.39 Å². The normalized spacial score (nSPS) is 11.5. The zero-order valence-electron chi connectivity index (χ0n) is 5.76. The van der Waals surface area contributed by atoms with Gasteiger partial charge in [0.25, 0.3) is 0 Å². The predicted octanol–water partition coefficient (Wildman–Crippen LogP) is -0.159. The van der Waals surface area contributed by atoms with Crippen LogP contribution in [0.25, 0.3) is 0 Å². The molecule has 10 heavy (non-hydrogen) atoms. The van der Waals surface area contributed by atoms with Crippen molar-refractivity contribution in [1.29, 1.82) is 0 Å². The second-order valence-corrected chi connectivity index (χ2v) is 1.77. The summed E-state index contributed by atoms with van der Waals surface area (Å²) in [7, 11) is 0. The van der Waals surface area contributed by atoms with E-state index in [1.54, 1.807) is 6.92 Å². The lowest BCUT2D eigenvalue weighted by Gasteiger charge is -2.03. The zero-order chi connectivity index (χ0) is 7.28. The van der Waals surface area contributed by atoms with Gasteiger partial charge in [-0.3, -0.25) is 4.79 Å². The molecule has 0 aliphatic rings. The molecule has 0 unspecified atom stereocenters. The van der Waals surface area contributed by atoms with Crippen LogP contribution in [0.2, 0.25) is 0 Å². The molecule has 1 atom stereocenters. The number of hydrogen-bond acceptors (Lipinski definition) is 2. The van der Waals surface area contributed by atoms with Gasteiger partial charge in [0.2, 0.25) is 5.91 Å². The number of hydrogen-bond donors (Lipinski definition) is 2. The zero-order valence-corrected chi connectivity index (χ0v) is 6.58. The van der Waals surface area contributed by atoms with Gasteiger partial charge < -0.3 is 11.1 Å². The van der Waals surface area contributed by atoms with Gasteiger partial charge in [0.05, 0.1) is 6.04 Å². The first-order valence-electron chi connectivity index (χ1n) is 2.77. The minimum atomic E-state index is -0.545. The van der Waals surface area contributed by atoms with Gasteiger partial charge in [-0.2, -0.15) is 0 Å². The highest BCUT2D eigenvalue weighted by Gasteiger charge is 2.03. The number of alkyl halides is 1. The number of rotatable bonds is 3. The number of carbonyl (C=O) groups excluding carboxylic acids is 1. The van der Waals surface area contributed by atoms with Gasteiger partial charge in [-0.1, -0.05) is 0 Å². The van der Waals surface area contributed by atoms with E-state index in [-0.39, 0.29) is 24.9 Å². The third kappa shape index (κ3) is 5.78. The quantitative estimate of drug-likeness (QED) is 0.619. The lowest BCUT2D eigenvalue weighted by Crippen LogP contribution is -2.39. The summed E-state index contributed by atoms with van der Waals surface area (Å²) >= 11 is 0. The molecule has 0 aliphatic carbocycles. The molecule has 3 N–H and O–H groups in total. The van der Waals surface area contributed by atoms with E-state index in [0.29, 0.717) is 0 Å². The molecule has 0 aromatic heterocycles. The fourth-order valence-electron chi connectivity index (χ4n) is 0.331. The molecule has 0 aromatic rings. The third-order valence-electron chi connectivity index (χ3n) is 0.807. The number of nitrogens with two attached hydrogens (primary N) is 1. The van der Waals surface area contributed by atoms with Crippen LogP contribution in [0.1, 0.15) is 6.92 Å². The fourth-order valence-corrected chi connectivity index (χ4v) is 0.331. The van der Waals surface area contributed by atoms with Crippen LogP contribution < -0.4 is 11.1 Å². The summed E-state index contributed by atoms with van der Waals surface area (Å²) in [4.78, 5) is 10.5. The summed E-state index contributed by atoms with van der Waals surface area (Å²) in [5.74, 6) is -0.312. The number of carbonyl (C=O) groups is 1. The highest BCUT2D eigenvalue weighted by molar-refractivity contribution is 5.85. The van der Waals surface area contributed by atoms with Crippen molar-refractivity contribution in [2.75, 3.05) is 13.2 Å². The second kappa shape index (κ2) is 6.77. The van der Waals surface area contributed by atoms with Crippen molar-refractivity contribution >= 4 is 18.3 Å². The Morgan fingerprint density at radius 3 is 2.60 bits per heavy atom. The molecule has 0 spiro atoms. The lowest BCUT2D eigenvalue weighted by molar-refractivity contribution is -0.122. The first kappa shape index (κ1) is 12.3. The van der Waals surface area contributed by atoms with Gasteiger partial charge in [0.1, 0.15) is 6.67 Å². The number of nitrogens with one attached hydrogen (secondary N) is 1. The fraction of sp³-hybridized carbons (Fsp3) is 0.800. The van der Waals surface area contributed by atoms with Crippen LogP contribution in [0.15, 0.2) is 0 Å². The summed E-state index contributed by atoms with van der Waals surface area (Å²) in [6, 6.07) is -0.545. The molecule has 0 rings (SSSR count). The smallest absolute Gasteiger partial charge is 0.236 e. The summed E-state index contributed by atoms with van der Waals surface area (Å²) in [5.41, 5.74) is 5.14. The molecular weight excluding hydrogens is 159 g/mol. The minimum Gasteiger partial charge on any atom is -0.352 e. The van der Waals surface area contributed by atoms with Crippen molar-refractivity contribution in [1.82, 2.24) is 5.32 Å². The van der Waals surface area contributed by atoms with Crippen molar-refractivity contribution in [2.45, 2.75) is 13.0 Å². The highest BCUT2D eigenvalue weighted by Crippen LogP contribution is 1.73.